The lowest BCUT2D eigenvalue weighted by Crippen LogP contribution is -2.38. The van der Waals surface area contributed by atoms with Crippen molar-refractivity contribution in [3.8, 4) is 0 Å². The minimum absolute atomic E-state index is 0.207. The Labute approximate surface area is 199 Å². The summed E-state index contributed by atoms with van der Waals surface area (Å²) in [4.78, 5) is 14.5. The zero-order valence-electron chi connectivity index (χ0n) is 19.0. The van der Waals surface area contributed by atoms with Crippen LogP contribution in [0.4, 0.5) is 19.3 Å². The first-order valence-corrected chi connectivity index (χ1v) is 13.1. The van der Waals surface area contributed by atoms with Crippen molar-refractivity contribution in [1.82, 2.24) is 14.9 Å². The number of amides is 2. The molecule has 0 radical (unpaired) electrons. The van der Waals surface area contributed by atoms with Crippen molar-refractivity contribution in [2.45, 2.75) is 37.1 Å². The minimum atomic E-state index is -3.47. The predicted octanol–water partition coefficient (Wildman–Crippen LogP) is 3.47. The molecule has 0 aromatic heterocycles. The highest BCUT2D eigenvalue weighted by Crippen LogP contribution is 2.25. The van der Waals surface area contributed by atoms with Gasteiger partial charge in [0.1, 0.15) is 0 Å². The van der Waals surface area contributed by atoms with Crippen LogP contribution in [0.5, 0.6) is 0 Å². The number of carbonyl (C=O) groups is 1. The predicted molar refractivity (Wildman–Crippen MR) is 126 cm³/mol. The van der Waals surface area contributed by atoms with Gasteiger partial charge >= 0.3 is 6.03 Å². The summed E-state index contributed by atoms with van der Waals surface area (Å²) in [6.07, 6.45) is 3.68. The van der Waals surface area contributed by atoms with Crippen molar-refractivity contribution in [2.75, 3.05) is 37.6 Å². The molecule has 2 fully saturated rings. The van der Waals surface area contributed by atoms with Crippen molar-refractivity contribution >= 4 is 21.7 Å². The van der Waals surface area contributed by atoms with Gasteiger partial charge in [-0.25, -0.2) is 22.0 Å². The molecule has 0 aliphatic carbocycles. The Morgan fingerprint density at radius 3 is 2.38 bits per heavy atom. The Bertz CT molecular complexity index is 1110. The Hall–Kier alpha value is -2.72. The lowest BCUT2D eigenvalue weighted by atomic mass is 10.1. The van der Waals surface area contributed by atoms with Gasteiger partial charge in [-0.05, 0) is 55.0 Å². The quantitative estimate of drug-likeness (QED) is 0.620. The van der Waals surface area contributed by atoms with Crippen molar-refractivity contribution in [3.05, 3.63) is 59.7 Å². The summed E-state index contributed by atoms with van der Waals surface area (Å²) < 4.78 is 53.6. The molecule has 10 heteroatoms. The summed E-state index contributed by atoms with van der Waals surface area (Å²) >= 11 is 0. The second-order valence-electron chi connectivity index (χ2n) is 8.87. The first-order valence-electron chi connectivity index (χ1n) is 11.6. The zero-order valence-corrected chi connectivity index (χ0v) is 19.8. The molecule has 34 heavy (non-hydrogen) atoms. The summed E-state index contributed by atoms with van der Waals surface area (Å²) in [5.41, 5.74) is 1.44. The molecular formula is C24H30F2N4O3S. The van der Waals surface area contributed by atoms with Crippen LogP contribution in [0.2, 0.25) is 0 Å². The molecule has 4 rings (SSSR count). The van der Waals surface area contributed by atoms with E-state index in [2.05, 4.69) is 10.6 Å². The van der Waals surface area contributed by atoms with Crippen molar-refractivity contribution < 1.29 is 22.0 Å². The second-order valence-corrected chi connectivity index (χ2v) is 10.8. The van der Waals surface area contributed by atoms with Gasteiger partial charge in [-0.15, -0.1) is 0 Å². The van der Waals surface area contributed by atoms with Crippen LogP contribution < -0.4 is 15.5 Å². The van der Waals surface area contributed by atoms with Crippen LogP contribution in [0.25, 0.3) is 0 Å². The molecule has 1 unspecified atom stereocenters. The molecule has 2 heterocycles. The van der Waals surface area contributed by atoms with Gasteiger partial charge in [-0.3, -0.25) is 0 Å². The molecule has 0 bridgehead atoms. The molecule has 2 aromatic rings. The third-order valence-corrected chi connectivity index (χ3v) is 8.35. The molecule has 2 amide bonds. The number of halogens is 2. The van der Waals surface area contributed by atoms with E-state index in [1.165, 1.54) is 10.4 Å². The number of carbonyl (C=O) groups excluding carboxylic acids is 1. The summed E-state index contributed by atoms with van der Waals surface area (Å²) in [5, 5.41) is 5.64. The smallest absolute Gasteiger partial charge is 0.315 e. The Kier molecular flexibility index (Phi) is 7.67. The van der Waals surface area contributed by atoms with Crippen LogP contribution in [0.3, 0.4) is 0 Å². The zero-order chi connectivity index (χ0) is 24.1. The molecule has 0 spiro atoms. The second kappa shape index (κ2) is 10.7. The molecule has 0 saturated carbocycles. The number of hydrogen-bond donors (Lipinski definition) is 2. The van der Waals surface area contributed by atoms with Gasteiger partial charge in [0.05, 0.1) is 4.90 Å². The number of urea groups is 1. The number of nitrogens with one attached hydrogen (secondary N) is 2. The number of sulfonamides is 1. The maximum atomic E-state index is 13.5. The first kappa shape index (κ1) is 24.4. The van der Waals surface area contributed by atoms with Crippen LogP contribution in [-0.4, -0.2) is 51.5 Å². The van der Waals surface area contributed by atoms with Crippen LogP contribution in [0.15, 0.2) is 47.4 Å². The van der Waals surface area contributed by atoms with E-state index in [4.69, 9.17) is 0 Å². The molecule has 2 aromatic carbocycles. The Balaban J connectivity index is 1.21. The molecular weight excluding hydrogens is 462 g/mol. The van der Waals surface area contributed by atoms with Gasteiger partial charge in [-0.2, -0.15) is 4.31 Å². The highest BCUT2D eigenvalue weighted by molar-refractivity contribution is 7.89. The average Bonchev–Trinajstić information content (AvgIpc) is 3.33. The number of piperidine rings is 1. The van der Waals surface area contributed by atoms with Gasteiger partial charge in [0.15, 0.2) is 11.6 Å². The summed E-state index contributed by atoms with van der Waals surface area (Å²) in [7, 11) is -3.47. The molecule has 2 saturated heterocycles. The normalized spacial score (nSPS) is 19.2. The standard InChI is InChI=1S/C24H30F2N4O3S/c25-22-9-6-20(14-23(22)26)29-13-10-19(17-29)16-28-24(31)27-15-18-4-7-21(8-5-18)34(32,33)30-11-2-1-3-12-30/h4-9,14,19H,1-3,10-13,15-17H2,(H2,27,28,31). The van der Waals surface area contributed by atoms with E-state index in [0.29, 0.717) is 38.4 Å². The third-order valence-electron chi connectivity index (χ3n) is 6.43. The lowest BCUT2D eigenvalue weighted by Gasteiger charge is -2.25. The van der Waals surface area contributed by atoms with Crippen LogP contribution in [-0.2, 0) is 16.6 Å². The van der Waals surface area contributed by atoms with Crippen molar-refractivity contribution in [3.63, 3.8) is 0 Å². The van der Waals surface area contributed by atoms with Crippen molar-refractivity contribution in [1.29, 1.82) is 0 Å². The highest BCUT2D eigenvalue weighted by atomic mass is 32.2. The van der Waals surface area contributed by atoms with Crippen LogP contribution in [0, 0.1) is 17.6 Å². The van der Waals surface area contributed by atoms with Crippen LogP contribution >= 0.6 is 0 Å². The molecule has 2 aliphatic heterocycles. The largest absolute Gasteiger partial charge is 0.371 e. The van der Waals surface area contributed by atoms with Gasteiger partial charge < -0.3 is 15.5 Å². The fraction of sp³-hybridized carbons (Fsp3) is 0.458. The first-order chi connectivity index (χ1) is 16.3. The summed E-state index contributed by atoms with van der Waals surface area (Å²) in [6.45, 7) is 3.24. The van der Waals surface area contributed by atoms with Gasteiger partial charge in [0.25, 0.3) is 0 Å². The Morgan fingerprint density at radius 1 is 0.941 bits per heavy atom. The fourth-order valence-electron chi connectivity index (χ4n) is 4.43. The number of benzene rings is 2. The van der Waals surface area contributed by atoms with Gasteiger partial charge in [0, 0.05) is 51.0 Å². The molecule has 184 valence electrons. The number of hydrogen-bond acceptors (Lipinski definition) is 4. The van der Waals surface area contributed by atoms with E-state index in [9.17, 15) is 22.0 Å². The third kappa shape index (κ3) is 5.85. The Morgan fingerprint density at radius 2 is 1.68 bits per heavy atom. The van der Waals surface area contributed by atoms with Crippen LogP contribution in [0.1, 0.15) is 31.2 Å². The number of rotatable bonds is 7. The van der Waals surface area contributed by atoms with E-state index in [1.807, 2.05) is 4.90 Å². The molecule has 7 nitrogen and oxygen atoms in total. The minimum Gasteiger partial charge on any atom is -0.371 e. The van der Waals surface area contributed by atoms with Crippen molar-refractivity contribution in [2.24, 2.45) is 5.92 Å². The number of anilines is 1. The average molecular weight is 493 g/mol. The van der Waals surface area contributed by atoms with E-state index >= 15 is 0 Å². The van der Waals surface area contributed by atoms with E-state index in [1.54, 1.807) is 30.3 Å². The summed E-state index contributed by atoms with van der Waals surface area (Å²) in [6, 6.07) is 10.2. The molecule has 2 aliphatic rings. The highest BCUT2D eigenvalue weighted by Gasteiger charge is 2.26. The molecule has 2 N–H and O–H groups in total. The van der Waals surface area contributed by atoms with E-state index in [-0.39, 0.29) is 23.4 Å². The molecule has 1 atom stereocenters. The monoisotopic (exact) mass is 492 g/mol. The lowest BCUT2D eigenvalue weighted by molar-refractivity contribution is 0.239. The van der Waals surface area contributed by atoms with E-state index < -0.39 is 21.7 Å². The van der Waals surface area contributed by atoms with Gasteiger partial charge in [-0.1, -0.05) is 18.6 Å². The fourth-order valence-corrected chi connectivity index (χ4v) is 5.95. The maximum Gasteiger partial charge on any atom is 0.315 e. The van der Waals surface area contributed by atoms with E-state index in [0.717, 1.165) is 37.3 Å². The summed E-state index contributed by atoms with van der Waals surface area (Å²) in [5.74, 6) is -1.52. The number of nitrogens with zero attached hydrogens (tertiary/aromatic N) is 2. The SMILES string of the molecule is O=C(NCc1ccc(S(=O)(=O)N2CCCCC2)cc1)NCC1CCN(c2ccc(F)c(F)c2)C1. The topological polar surface area (TPSA) is 81.8 Å². The van der Waals surface area contributed by atoms with Gasteiger partial charge in [0.2, 0.25) is 10.0 Å². The maximum absolute atomic E-state index is 13.5.